The number of hydrogen-bond donors (Lipinski definition) is 1. The molecule has 0 saturated heterocycles. The summed E-state index contributed by atoms with van der Waals surface area (Å²) in [5, 5.41) is 3.71. The zero-order chi connectivity index (χ0) is 17.5. The van der Waals surface area contributed by atoms with Gasteiger partial charge in [-0.15, -0.1) is 0 Å². The Labute approximate surface area is 150 Å². The fourth-order valence-electron chi connectivity index (χ4n) is 2.29. The van der Waals surface area contributed by atoms with Gasteiger partial charge < -0.3 is 10.1 Å². The molecule has 1 atom stereocenters. The molecule has 0 aliphatic heterocycles. The second-order valence-corrected chi connectivity index (χ2v) is 6.00. The van der Waals surface area contributed by atoms with Crippen LogP contribution >= 0.6 is 23.2 Å². The first kappa shape index (κ1) is 18.3. The molecule has 126 valence electrons. The van der Waals surface area contributed by atoms with Gasteiger partial charge in [-0.05, 0) is 23.3 Å². The number of halogens is 2. The summed E-state index contributed by atoms with van der Waals surface area (Å²) in [7, 11) is 1.32. The van der Waals surface area contributed by atoms with Crippen LogP contribution in [0.5, 0.6) is 0 Å². The molecule has 2 rings (SSSR count). The fraction of sp³-hybridized carbons (Fsp3) is 0.222. The monoisotopic (exact) mass is 365 g/mol. The summed E-state index contributed by atoms with van der Waals surface area (Å²) in [4.78, 5) is 24.0. The molecule has 0 bridgehead atoms. The minimum atomic E-state index is -0.479. The van der Waals surface area contributed by atoms with Crippen molar-refractivity contribution in [2.24, 2.45) is 0 Å². The highest BCUT2D eigenvalue weighted by Gasteiger charge is 2.20. The van der Waals surface area contributed by atoms with Crippen LogP contribution in [-0.4, -0.2) is 19.0 Å². The number of benzene rings is 2. The number of rotatable bonds is 6. The van der Waals surface area contributed by atoms with Crippen molar-refractivity contribution in [1.29, 1.82) is 0 Å². The average molecular weight is 366 g/mol. The molecule has 1 amide bonds. The fourth-order valence-corrected chi connectivity index (χ4v) is 2.83. The highest BCUT2D eigenvalue weighted by molar-refractivity contribution is 6.36. The molecule has 4 nitrogen and oxygen atoms in total. The normalized spacial score (nSPS) is 11.6. The number of amides is 1. The van der Waals surface area contributed by atoms with E-state index < -0.39 is 12.0 Å². The van der Waals surface area contributed by atoms with Crippen LogP contribution in [0.3, 0.4) is 0 Å². The van der Waals surface area contributed by atoms with Crippen LogP contribution in [0, 0.1) is 0 Å². The first-order chi connectivity index (χ1) is 11.5. The number of hydrogen-bond acceptors (Lipinski definition) is 3. The summed E-state index contributed by atoms with van der Waals surface area (Å²) in [5.74, 6) is -0.678. The smallest absolute Gasteiger partial charge is 0.307 e. The lowest BCUT2D eigenvalue weighted by Crippen LogP contribution is -2.31. The van der Waals surface area contributed by atoms with Crippen LogP contribution in [0.25, 0.3) is 0 Å². The van der Waals surface area contributed by atoms with Gasteiger partial charge in [0.2, 0.25) is 5.91 Å². The van der Waals surface area contributed by atoms with Gasteiger partial charge in [0.15, 0.2) is 0 Å². The molecule has 6 heteroatoms. The lowest BCUT2D eigenvalue weighted by atomic mass is 10.0. The first-order valence-electron chi connectivity index (χ1n) is 7.35. The Bertz CT molecular complexity index is 699. The Morgan fingerprint density at radius 1 is 1.04 bits per heavy atom. The van der Waals surface area contributed by atoms with Crippen molar-refractivity contribution in [3.8, 4) is 0 Å². The molecular weight excluding hydrogens is 349 g/mol. The van der Waals surface area contributed by atoms with Crippen molar-refractivity contribution in [2.45, 2.75) is 18.9 Å². The molecule has 0 saturated carbocycles. The number of esters is 1. The lowest BCUT2D eigenvalue weighted by Gasteiger charge is -2.18. The Balaban J connectivity index is 2.14. The van der Waals surface area contributed by atoms with E-state index in [9.17, 15) is 9.59 Å². The van der Waals surface area contributed by atoms with Crippen LogP contribution in [-0.2, 0) is 20.7 Å². The summed E-state index contributed by atoms with van der Waals surface area (Å²) in [6.45, 7) is 0. The van der Waals surface area contributed by atoms with Gasteiger partial charge in [0.1, 0.15) is 0 Å². The SMILES string of the molecule is COC(=O)C[C@@H](NC(=O)Cc1c(Cl)cccc1Cl)c1ccccc1. The molecule has 1 N–H and O–H groups in total. The number of carbonyl (C=O) groups is 2. The molecule has 0 aliphatic rings. The van der Waals surface area contributed by atoms with E-state index in [1.54, 1.807) is 18.2 Å². The predicted molar refractivity (Wildman–Crippen MR) is 94.1 cm³/mol. The maximum Gasteiger partial charge on any atom is 0.307 e. The van der Waals surface area contributed by atoms with Crippen molar-refractivity contribution in [3.05, 3.63) is 69.7 Å². The van der Waals surface area contributed by atoms with Gasteiger partial charge in [-0.25, -0.2) is 0 Å². The Hall–Kier alpha value is -2.04. The molecule has 0 fully saturated rings. The topological polar surface area (TPSA) is 55.4 Å². The highest BCUT2D eigenvalue weighted by atomic mass is 35.5. The lowest BCUT2D eigenvalue weighted by molar-refractivity contribution is -0.141. The quantitative estimate of drug-likeness (QED) is 0.788. The van der Waals surface area contributed by atoms with Gasteiger partial charge in [0.25, 0.3) is 0 Å². The summed E-state index contributed by atoms with van der Waals surface area (Å²) < 4.78 is 4.71. The Morgan fingerprint density at radius 2 is 1.67 bits per heavy atom. The molecule has 0 aliphatic carbocycles. The first-order valence-corrected chi connectivity index (χ1v) is 8.11. The molecule has 0 spiro atoms. The van der Waals surface area contributed by atoms with E-state index >= 15 is 0 Å². The van der Waals surface area contributed by atoms with Crippen molar-refractivity contribution >= 4 is 35.1 Å². The molecular formula is C18H17Cl2NO3. The second-order valence-electron chi connectivity index (χ2n) is 5.19. The zero-order valence-corrected chi connectivity index (χ0v) is 14.6. The number of methoxy groups -OCH3 is 1. The maximum absolute atomic E-state index is 12.4. The third-order valence-corrected chi connectivity index (χ3v) is 4.24. The van der Waals surface area contributed by atoms with E-state index in [1.165, 1.54) is 7.11 Å². The van der Waals surface area contributed by atoms with E-state index in [-0.39, 0.29) is 18.7 Å². The van der Waals surface area contributed by atoms with E-state index in [4.69, 9.17) is 27.9 Å². The van der Waals surface area contributed by atoms with Crippen LogP contribution in [0.2, 0.25) is 10.0 Å². The maximum atomic E-state index is 12.4. The summed E-state index contributed by atoms with van der Waals surface area (Å²) in [6.07, 6.45) is 0.0749. The van der Waals surface area contributed by atoms with Gasteiger partial charge in [-0.3, -0.25) is 9.59 Å². The minimum absolute atomic E-state index is 0.0308. The molecule has 24 heavy (non-hydrogen) atoms. The van der Waals surface area contributed by atoms with Crippen LogP contribution in [0.4, 0.5) is 0 Å². The molecule has 0 radical (unpaired) electrons. The van der Waals surface area contributed by atoms with Crippen molar-refractivity contribution < 1.29 is 14.3 Å². The van der Waals surface area contributed by atoms with E-state index in [2.05, 4.69) is 5.32 Å². The molecule has 0 unspecified atom stereocenters. The van der Waals surface area contributed by atoms with Crippen molar-refractivity contribution in [1.82, 2.24) is 5.32 Å². The van der Waals surface area contributed by atoms with Crippen LogP contribution in [0.1, 0.15) is 23.6 Å². The third kappa shape index (κ3) is 4.98. The average Bonchev–Trinajstić information content (AvgIpc) is 2.58. The molecule has 0 heterocycles. The third-order valence-electron chi connectivity index (χ3n) is 3.53. The Morgan fingerprint density at radius 3 is 2.25 bits per heavy atom. The Kier molecular flexibility index (Phi) is 6.64. The van der Waals surface area contributed by atoms with Crippen molar-refractivity contribution in [2.75, 3.05) is 7.11 Å². The van der Waals surface area contributed by atoms with Gasteiger partial charge in [-0.1, -0.05) is 59.6 Å². The summed E-state index contributed by atoms with van der Waals surface area (Å²) in [6, 6.07) is 13.8. The van der Waals surface area contributed by atoms with Crippen LogP contribution in [0.15, 0.2) is 48.5 Å². The second kappa shape index (κ2) is 8.71. The molecule has 2 aromatic rings. The minimum Gasteiger partial charge on any atom is -0.469 e. The van der Waals surface area contributed by atoms with Crippen LogP contribution < -0.4 is 5.32 Å². The van der Waals surface area contributed by atoms with Gasteiger partial charge in [0.05, 0.1) is 26.0 Å². The number of ether oxygens (including phenoxy) is 1. The standard InChI is InChI=1S/C18H17Cl2NO3/c1-24-18(23)11-16(12-6-3-2-4-7-12)21-17(22)10-13-14(19)8-5-9-15(13)20/h2-9,16H,10-11H2,1H3,(H,21,22)/t16-/m1/s1. The molecule has 2 aromatic carbocycles. The molecule has 0 aromatic heterocycles. The van der Waals surface area contributed by atoms with Gasteiger partial charge in [0, 0.05) is 10.0 Å². The summed E-state index contributed by atoms with van der Waals surface area (Å²) in [5.41, 5.74) is 1.38. The van der Waals surface area contributed by atoms with Gasteiger partial charge in [-0.2, -0.15) is 0 Å². The van der Waals surface area contributed by atoms with E-state index in [0.29, 0.717) is 15.6 Å². The van der Waals surface area contributed by atoms with E-state index in [1.807, 2.05) is 30.3 Å². The largest absolute Gasteiger partial charge is 0.469 e. The zero-order valence-electron chi connectivity index (χ0n) is 13.1. The predicted octanol–water partition coefficient (Wildman–Crippen LogP) is 3.96. The van der Waals surface area contributed by atoms with Gasteiger partial charge >= 0.3 is 5.97 Å². The van der Waals surface area contributed by atoms with E-state index in [0.717, 1.165) is 5.56 Å². The van der Waals surface area contributed by atoms with Crippen molar-refractivity contribution in [3.63, 3.8) is 0 Å². The number of nitrogens with one attached hydrogen (secondary N) is 1. The highest BCUT2D eigenvalue weighted by Crippen LogP contribution is 2.25. The number of carbonyl (C=O) groups excluding carboxylic acids is 2. The summed E-state index contributed by atoms with van der Waals surface area (Å²) >= 11 is 12.2.